The third kappa shape index (κ3) is 4.19. The number of hydrogen-bond acceptors (Lipinski definition) is 3. The van der Waals surface area contributed by atoms with Crippen molar-refractivity contribution >= 4 is 38.9 Å². The van der Waals surface area contributed by atoms with Gasteiger partial charge in [-0.05, 0) is 57.0 Å². The first-order chi connectivity index (χ1) is 13.1. The minimum Gasteiger partial charge on any atom is -0.276 e. The van der Waals surface area contributed by atoms with Crippen molar-refractivity contribution in [1.82, 2.24) is 9.78 Å². The third-order valence-electron chi connectivity index (χ3n) is 4.57. The number of halogens is 2. The first kappa shape index (κ1) is 20.7. The van der Waals surface area contributed by atoms with Crippen LogP contribution in [0.25, 0.3) is 0 Å². The van der Waals surface area contributed by atoms with Crippen LogP contribution in [-0.2, 0) is 16.6 Å². The quantitative estimate of drug-likeness (QED) is 0.590. The Morgan fingerprint density at radius 1 is 1.04 bits per heavy atom. The molecule has 0 amide bonds. The molecule has 0 bridgehead atoms. The molecule has 0 fully saturated rings. The van der Waals surface area contributed by atoms with Crippen molar-refractivity contribution in [2.45, 2.75) is 39.1 Å². The molecule has 0 aliphatic heterocycles. The van der Waals surface area contributed by atoms with Crippen LogP contribution in [0.2, 0.25) is 10.0 Å². The Morgan fingerprint density at radius 2 is 1.75 bits per heavy atom. The fraction of sp³-hybridized carbons (Fsp3) is 0.250. The first-order valence-corrected chi connectivity index (χ1v) is 10.9. The molecule has 0 saturated heterocycles. The molecule has 148 valence electrons. The lowest BCUT2D eigenvalue weighted by Crippen LogP contribution is -2.15. The first-order valence-electron chi connectivity index (χ1n) is 8.66. The van der Waals surface area contributed by atoms with Crippen LogP contribution in [-0.4, -0.2) is 18.2 Å². The summed E-state index contributed by atoms with van der Waals surface area (Å²) in [5.74, 6) is 0. The largest absolute Gasteiger partial charge is 0.276 e. The molecule has 0 aliphatic rings. The molecule has 8 heteroatoms. The van der Waals surface area contributed by atoms with Crippen molar-refractivity contribution in [2.24, 2.45) is 0 Å². The molecule has 3 aromatic rings. The average Bonchev–Trinajstić information content (AvgIpc) is 2.84. The monoisotopic (exact) mass is 437 g/mol. The van der Waals surface area contributed by atoms with Crippen LogP contribution in [0.15, 0.2) is 41.3 Å². The topological polar surface area (TPSA) is 64.0 Å². The molecule has 0 aliphatic carbocycles. The predicted octanol–water partition coefficient (Wildman–Crippen LogP) is 5.27. The van der Waals surface area contributed by atoms with Gasteiger partial charge in [-0.1, -0.05) is 47.0 Å². The van der Waals surface area contributed by atoms with E-state index in [0.29, 0.717) is 39.2 Å². The van der Waals surface area contributed by atoms with Crippen LogP contribution in [0, 0.1) is 27.7 Å². The minimum absolute atomic E-state index is 0.255. The van der Waals surface area contributed by atoms with E-state index in [2.05, 4.69) is 9.82 Å². The summed E-state index contributed by atoms with van der Waals surface area (Å²) in [5, 5.41) is 5.58. The maximum Gasteiger partial charge on any atom is 0.262 e. The lowest BCUT2D eigenvalue weighted by molar-refractivity contribution is 0.600. The number of aryl methyl sites for hydroxylation is 3. The van der Waals surface area contributed by atoms with Crippen molar-refractivity contribution < 1.29 is 8.42 Å². The zero-order valence-electron chi connectivity index (χ0n) is 16.0. The van der Waals surface area contributed by atoms with E-state index in [-0.39, 0.29) is 4.90 Å². The fourth-order valence-corrected chi connectivity index (χ4v) is 4.97. The van der Waals surface area contributed by atoms with Crippen LogP contribution in [0.1, 0.15) is 28.1 Å². The van der Waals surface area contributed by atoms with E-state index in [1.165, 1.54) is 0 Å². The standard InChI is InChI=1S/C20H21Cl2N3O2S/c1-12-5-8-19(13(2)9-12)28(26,27)24-20-14(3)23-25(15(20)4)11-16-6-7-17(21)10-18(16)22/h5-10,24H,11H2,1-4H3. The summed E-state index contributed by atoms with van der Waals surface area (Å²) < 4.78 is 30.2. The number of anilines is 1. The normalized spacial score (nSPS) is 11.6. The molecule has 1 N–H and O–H groups in total. The Hall–Kier alpha value is -2.02. The zero-order valence-corrected chi connectivity index (χ0v) is 18.4. The minimum atomic E-state index is -3.73. The molecule has 0 unspecified atom stereocenters. The highest BCUT2D eigenvalue weighted by Gasteiger charge is 2.22. The van der Waals surface area contributed by atoms with E-state index >= 15 is 0 Å². The van der Waals surface area contributed by atoms with Crippen molar-refractivity contribution in [2.75, 3.05) is 4.72 Å². The highest BCUT2D eigenvalue weighted by atomic mass is 35.5. The Balaban J connectivity index is 1.93. The predicted molar refractivity (Wildman–Crippen MR) is 114 cm³/mol. The van der Waals surface area contributed by atoms with Gasteiger partial charge in [0, 0.05) is 10.0 Å². The lowest BCUT2D eigenvalue weighted by Gasteiger charge is -2.12. The van der Waals surface area contributed by atoms with E-state index in [0.717, 1.165) is 11.1 Å². The third-order valence-corrected chi connectivity index (χ3v) is 6.67. The zero-order chi connectivity index (χ0) is 20.6. The van der Waals surface area contributed by atoms with Gasteiger partial charge >= 0.3 is 0 Å². The SMILES string of the molecule is Cc1ccc(S(=O)(=O)Nc2c(C)nn(Cc3ccc(Cl)cc3Cl)c2C)c(C)c1. The number of aromatic nitrogens is 2. The van der Waals surface area contributed by atoms with Gasteiger partial charge in [0.1, 0.15) is 0 Å². The van der Waals surface area contributed by atoms with Gasteiger partial charge in [0.25, 0.3) is 10.0 Å². The maximum absolute atomic E-state index is 12.9. The van der Waals surface area contributed by atoms with Gasteiger partial charge in [0.2, 0.25) is 0 Å². The molecule has 28 heavy (non-hydrogen) atoms. The Morgan fingerprint density at radius 3 is 2.39 bits per heavy atom. The van der Waals surface area contributed by atoms with Crippen LogP contribution in [0.5, 0.6) is 0 Å². The van der Waals surface area contributed by atoms with Crippen molar-refractivity contribution in [3.05, 3.63) is 74.5 Å². The number of nitrogens with zero attached hydrogens (tertiary/aromatic N) is 2. The highest BCUT2D eigenvalue weighted by Crippen LogP contribution is 2.27. The second-order valence-corrected chi connectivity index (χ2v) is 9.31. The van der Waals surface area contributed by atoms with Gasteiger partial charge in [-0.3, -0.25) is 9.40 Å². The van der Waals surface area contributed by atoms with E-state index in [9.17, 15) is 8.42 Å². The van der Waals surface area contributed by atoms with Gasteiger partial charge in [0.05, 0.1) is 28.5 Å². The van der Waals surface area contributed by atoms with Crippen LogP contribution in [0.4, 0.5) is 5.69 Å². The fourth-order valence-electron chi connectivity index (χ4n) is 3.10. The summed E-state index contributed by atoms with van der Waals surface area (Å²) in [5.41, 5.74) is 4.33. The van der Waals surface area contributed by atoms with Crippen molar-refractivity contribution in [3.63, 3.8) is 0 Å². The van der Waals surface area contributed by atoms with Crippen molar-refractivity contribution in [1.29, 1.82) is 0 Å². The van der Waals surface area contributed by atoms with Crippen molar-refractivity contribution in [3.8, 4) is 0 Å². The average molecular weight is 438 g/mol. The maximum atomic E-state index is 12.9. The van der Waals surface area contributed by atoms with Gasteiger partial charge < -0.3 is 0 Å². The summed E-state index contributed by atoms with van der Waals surface area (Å²) in [6, 6.07) is 10.5. The number of nitrogens with one attached hydrogen (secondary N) is 1. The molecule has 0 spiro atoms. The number of benzene rings is 2. The van der Waals surface area contributed by atoms with E-state index < -0.39 is 10.0 Å². The molecule has 0 atom stereocenters. The lowest BCUT2D eigenvalue weighted by atomic mass is 10.2. The highest BCUT2D eigenvalue weighted by molar-refractivity contribution is 7.92. The van der Waals surface area contributed by atoms with Gasteiger partial charge in [-0.2, -0.15) is 5.10 Å². The van der Waals surface area contributed by atoms with E-state index in [1.54, 1.807) is 42.8 Å². The molecule has 1 heterocycles. The second kappa shape index (κ2) is 7.78. The number of hydrogen-bond donors (Lipinski definition) is 1. The molecule has 0 saturated carbocycles. The molecule has 5 nitrogen and oxygen atoms in total. The van der Waals surface area contributed by atoms with E-state index in [1.807, 2.05) is 26.0 Å². The Kier molecular flexibility index (Phi) is 5.75. The summed E-state index contributed by atoms with van der Waals surface area (Å²) in [7, 11) is -3.73. The summed E-state index contributed by atoms with van der Waals surface area (Å²) in [4.78, 5) is 0.255. The Bertz CT molecular complexity index is 1150. The Labute approximate surface area is 175 Å². The summed E-state index contributed by atoms with van der Waals surface area (Å²) >= 11 is 12.2. The molecule has 3 rings (SSSR count). The number of sulfonamides is 1. The molecule has 2 aromatic carbocycles. The van der Waals surface area contributed by atoms with Crippen LogP contribution >= 0.6 is 23.2 Å². The summed E-state index contributed by atoms with van der Waals surface area (Å²) in [6.07, 6.45) is 0. The van der Waals surface area contributed by atoms with Crippen LogP contribution < -0.4 is 4.72 Å². The van der Waals surface area contributed by atoms with Gasteiger partial charge in [-0.15, -0.1) is 0 Å². The molecular weight excluding hydrogens is 417 g/mol. The van der Waals surface area contributed by atoms with E-state index in [4.69, 9.17) is 23.2 Å². The number of rotatable bonds is 5. The van der Waals surface area contributed by atoms with Crippen LogP contribution in [0.3, 0.4) is 0 Å². The second-order valence-electron chi connectivity index (χ2n) is 6.81. The van der Waals surface area contributed by atoms with Gasteiger partial charge in [-0.25, -0.2) is 8.42 Å². The molecule has 1 aromatic heterocycles. The van der Waals surface area contributed by atoms with Gasteiger partial charge in [0.15, 0.2) is 0 Å². The smallest absolute Gasteiger partial charge is 0.262 e. The molecule has 0 radical (unpaired) electrons. The molecular formula is C20H21Cl2N3O2S. The summed E-state index contributed by atoms with van der Waals surface area (Å²) in [6.45, 7) is 7.72.